The minimum absolute atomic E-state index is 0.540. The van der Waals surface area contributed by atoms with Crippen molar-refractivity contribution in [3.8, 4) is 0 Å². The van der Waals surface area contributed by atoms with Crippen molar-refractivity contribution >= 4 is 5.82 Å². The highest BCUT2D eigenvalue weighted by Gasteiger charge is 2.29. The van der Waals surface area contributed by atoms with Gasteiger partial charge in [0.15, 0.2) is 0 Å². The SMILES string of the molecule is CCCCNc1ncccc1C1CCCN1C(C)C. The lowest BCUT2D eigenvalue weighted by atomic mass is 10.0. The second-order valence-corrected chi connectivity index (χ2v) is 5.71. The maximum atomic E-state index is 4.55. The van der Waals surface area contributed by atoms with E-state index in [1.54, 1.807) is 0 Å². The van der Waals surface area contributed by atoms with Gasteiger partial charge in [-0.2, -0.15) is 0 Å². The van der Waals surface area contributed by atoms with Crippen molar-refractivity contribution in [3.63, 3.8) is 0 Å². The molecular weight excluding hydrogens is 234 g/mol. The zero-order valence-electron chi connectivity index (χ0n) is 12.5. The lowest BCUT2D eigenvalue weighted by Crippen LogP contribution is -2.30. The minimum Gasteiger partial charge on any atom is -0.370 e. The highest BCUT2D eigenvalue weighted by atomic mass is 15.2. The van der Waals surface area contributed by atoms with Crippen LogP contribution in [0.4, 0.5) is 5.82 Å². The van der Waals surface area contributed by atoms with Crippen LogP contribution in [0.5, 0.6) is 0 Å². The molecule has 0 saturated carbocycles. The topological polar surface area (TPSA) is 28.2 Å². The van der Waals surface area contributed by atoms with Crippen molar-refractivity contribution in [3.05, 3.63) is 23.9 Å². The number of unbranched alkanes of at least 4 members (excludes halogenated alkanes) is 1. The summed E-state index contributed by atoms with van der Waals surface area (Å²) in [5, 5.41) is 3.51. The molecule has 0 aromatic carbocycles. The predicted octanol–water partition coefficient (Wildman–Crippen LogP) is 3.84. The van der Waals surface area contributed by atoms with Gasteiger partial charge in [-0.05, 0) is 45.7 Å². The summed E-state index contributed by atoms with van der Waals surface area (Å²) in [6, 6.07) is 5.46. The summed E-state index contributed by atoms with van der Waals surface area (Å²) in [4.78, 5) is 7.15. The first kappa shape index (κ1) is 14.3. The van der Waals surface area contributed by atoms with Crippen LogP contribution in [0.1, 0.15) is 58.1 Å². The van der Waals surface area contributed by atoms with Crippen LogP contribution >= 0.6 is 0 Å². The monoisotopic (exact) mass is 261 g/mol. The van der Waals surface area contributed by atoms with Crippen LogP contribution in [0.3, 0.4) is 0 Å². The second-order valence-electron chi connectivity index (χ2n) is 5.71. The summed E-state index contributed by atoms with van der Waals surface area (Å²) in [5.41, 5.74) is 1.38. The summed E-state index contributed by atoms with van der Waals surface area (Å²) in [6.07, 6.45) is 6.87. The van der Waals surface area contributed by atoms with E-state index in [1.165, 1.54) is 37.8 Å². The fourth-order valence-electron chi connectivity index (χ4n) is 2.96. The van der Waals surface area contributed by atoms with Gasteiger partial charge < -0.3 is 5.32 Å². The molecule has 3 heteroatoms. The quantitative estimate of drug-likeness (QED) is 0.789. The molecule has 1 aliphatic rings. The van der Waals surface area contributed by atoms with Crippen LogP contribution in [-0.4, -0.2) is 29.0 Å². The van der Waals surface area contributed by atoms with Crippen molar-refractivity contribution in [2.24, 2.45) is 0 Å². The molecule has 1 atom stereocenters. The molecule has 0 aliphatic carbocycles. The summed E-state index contributed by atoms with van der Waals surface area (Å²) < 4.78 is 0. The molecule has 1 fully saturated rings. The van der Waals surface area contributed by atoms with Gasteiger partial charge in [0.2, 0.25) is 0 Å². The lowest BCUT2D eigenvalue weighted by molar-refractivity contribution is 0.206. The number of hydrogen-bond donors (Lipinski definition) is 1. The van der Waals surface area contributed by atoms with Crippen LogP contribution in [0.15, 0.2) is 18.3 Å². The normalized spacial score (nSPS) is 20.1. The van der Waals surface area contributed by atoms with E-state index in [-0.39, 0.29) is 0 Å². The molecule has 2 heterocycles. The third-order valence-corrected chi connectivity index (χ3v) is 3.98. The third-order valence-electron chi connectivity index (χ3n) is 3.98. The second kappa shape index (κ2) is 6.90. The van der Waals surface area contributed by atoms with Crippen molar-refractivity contribution in [2.75, 3.05) is 18.4 Å². The molecule has 1 saturated heterocycles. The zero-order chi connectivity index (χ0) is 13.7. The van der Waals surface area contributed by atoms with Gasteiger partial charge in [-0.3, -0.25) is 4.90 Å². The molecule has 1 aromatic heterocycles. The minimum atomic E-state index is 0.540. The summed E-state index contributed by atoms with van der Waals surface area (Å²) in [5.74, 6) is 1.09. The number of likely N-dealkylation sites (tertiary alicyclic amines) is 1. The average Bonchev–Trinajstić information content (AvgIpc) is 2.89. The number of pyridine rings is 1. The van der Waals surface area contributed by atoms with Crippen LogP contribution in [0.25, 0.3) is 0 Å². The van der Waals surface area contributed by atoms with E-state index in [0.717, 1.165) is 12.4 Å². The van der Waals surface area contributed by atoms with Gasteiger partial charge in [-0.15, -0.1) is 0 Å². The van der Waals surface area contributed by atoms with Crippen molar-refractivity contribution in [2.45, 2.75) is 58.5 Å². The summed E-state index contributed by atoms with van der Waals surface area (Å²) in [7, 11) is 0. The first-order valence-corrected chi connectivity index (χ1v) is 7.68. The Hall–Kier alpha value is -1.09. The third kappa shape index (κ3) is 3.47. The van der Waals surface area contributed by atoms with Crippen LogP contribution in [0.2, 0.25) is 0 Å². The molecule has 0 spiro atoms. The smallest absolute Gasteiger partial charge is 0.130 e. The number of anilines is 1. The Morgan fingerprint density at radius 1 is 1.47 bits per heavy atom. The number of rotatable bonds is 6. The highest BCUT2D eigenvalue weighted by Crippen LogP contribution is 2.36. The van der Waals surface area contributed by atoms with Gasteiger partial charge in [0.25, 0.3) is 0 Å². The van der Waals surface area contributed by atoms with Gasteiger partial charge >= 0.3 is 0 Å². The van der Waals surface area contributed by atoms with E-state index in [9.17, 15) is 0 Å². The van der Waals surface area contributed by atoms with Crippen molar-refractivity contribution in [1.82, 2.24) is 9.88 Å². The predicted molar refractivity (Wildman–Crippen MR) is 81.5 cm³/mol. The standard InChI is InChI=1S/C16H27N3/c1-4-5-10-17-16-14(8-6-11-18-16)15-9-7-12-19(15)13(2)3/h6,8,11,13,15H,4-5,7,9-10,12H2,1-3H3,(H,17,18). The van der Waals surface area contributed by atoms with Crippen molar-refractivity contribution in [1.29, 1.82) is 0 Å². The molecule has 19 heavy (non-hydrogen) atoms. The lowest BCUT2D eigenvalue weighted by Gasteiger charge is -2.29. The van der Waals surface area contributed by atoms with E-state index in [0.29, 0.717) is 12.1 Å². The average molecular weight is 261 g/mol. The zero-order valence-corrected chi connectivity index (χ0v) is 12.5. The summed E-state index contributed by atoms with van der Waals surface area (Å²) in [6.45, 7) is 9.04. The van der Waals surface area contributed by atoms with Gasteiger partial charge in [-0.1, -0.05) is 19.4 Å². The number of aromatic nitrogens is 1. The number of nitrogens with one attached hydrogen (secondary N) is 1. The molecule has 2 rings (SSSR count). The largest absolute Gasteiger partial charge is 0.370 e. The van der Waals surface area contributed by atoms with E-state index in [2.05, 4.69) is 48.1 Å². The Bertz CT molecular complexity index is 389. The van der Waals surface area contributed by atoms with E-state index >= 15 is 0 Å². The maximum absolute atomic E-state index is 4.55. The molecule has 1 unspecified atom stereocenters. The fourth-order valence-corrected chi connectivity index (χ4v) is 2.96. The van der Waals surface area contributed by atoms with Crippen LogP contribution in [-0.2, 0) is 0 Å². The van der Waals surface area contributed by atoms with E-state index in [1.807, 2.05) is 6.20 Å². The van der Waals surface area contributed by atoms with Crippen molar-refractivity contribution < 1.29 is 0 Å². The van der Waals surface area contributed by atoms with Crippen LogP contribution < -0.4 is 5.32 Å². The molecule has 1 N–H and O–H groups in total. The first-order chi connectivity index (χ1) is 9.24. The van der Waals surface area contributed by atoms with Gasteiger partial charge in [0.1, 0.15) is 5.82 Å². The molecule has 1 aromatic rings. The number of hydrogen-bond acceptors (Lipinski definition) is 3. The van der Waals surface area contributed by atoms with E-state index < -0.39 is 0 Å². The molecule has 106 valence electrons. The van der Waals surface area contributed by atoms with Crippen LogP contribution in [0, 0.1) is 0 Å². The molecule has 1 aliphatic heterocycles. The molecule has 0 amide bonds. The first-order valence-electron chi connectivity index (χ1n) is 7.68. The Morgan fingerprint density at radius 3 is 3.05 bits per heavy atom. The van der Waals surface area contributed by atoms with E-state index in [4.69, 9.17) is 0 Å². The maximum Gasteiger partial charge on any atom is 0.130 e. The fraction of sp³-hybridized carbons (Fsp3) is 0.688. The molecular formula is C16H27N3. The Morgan fingerprint density at radius 2 is 2.32 bits per heavy atom. The Kier molecular flexibility index (Phi) is 5.20. The van der Waals surface area contributed by atoms with Gasteiger partial charge in [0.05, 0.1) is 0 Å². The Balaban J connectivity index is 2.14. The Labute approximate surface area is 117 Å². The number of nitrogens with zero attached hydrogens (tertiary/aromatic N) is 2. The van der Waals surface area contributed by atoms with Gasteiger partial charge in [-0.25, -0.2) is 4.98 Å². The van der Waals surface area contributed by atoms with Gasteiger partial charge in [0, 0.05) is 30.4 Å². The summed E-state index contributed by atoms with van der Waals surface area (Å²) >= 11 is 0. The molecule has 0 bridgehead atoms. The molecule has 0 radical (unpaired) electrons. The molecule has 3 nitrogen and oxygen atoms in total. The highest BCUT2D eigenvalue weighted by molar-refractivity contribution is 5.46.